The van der Waals surface area contributed by atoms with Crippen molar-refractivity contribution in [2.24, 2.45) is 10.9 Å². The lowest BCUT2D eigenvalue weighted by Crippen LogP contribution is -2.44. The normalized spacial score (nSPS) is 20.8. The van der Waals surface area contributed by atoms with Gasteiger partial charge in [-0.2, -0.15) is 0 Å². The number of hydrogen-bond donors (Lipinski definition) is 0. The molecule has 1 saturated heterocycles. The molecule has 0 atom stereocenters. The number of benzene rings is 1. The summed E-state index contributed by atoms with van der Waals surface area (Å²) in [7, 11) is 1.65. The van der Waals surface area contributed by atoms with Gasteiger partial charge in [-0.3, -0.25) is 9.69 Å². The molecule has 0 unspecified atom stereocenters. The third kappa shape index (κ3) is 3.14. The predicted molar refractivity (Wildman–Crippen MR) is 91.0 cm³/mol. The summed E-state index contributed by atoms with van der Waals surface area (Å²) in [5.41, 5.74) is 1.94. The molecule has 118 valence electrons. The van der Waals surface area contributed by atoms with E-state index in [-0.39, 0.29) is 11.8 Å². The van der Waals surface area contributed by atoms with Gasteiger partial charge in [0.05, 0.1) is 7.11 Å². The van der Waals surface area contributed by atoms with Crippen LogP contribution in [0.1, 0.15) is 31.2 Å². The van der Waals surface area contributed by atoms with Crippen LogP contribution in [0.2, 0.25) is 0 Å². The number of methoxy groups -OCH3 is 1. The maximum absolute atomic E-state index is 12.6. The molecule has 1 aromatic rings. The molecular weight excluding hydrogens is 296 g/mol. The molecule has 0 N–H and O–H groups in total. The van der Waals surface area contributed by atoms with Crippen LogP contribution in [0.4, 0.5) is 5.69 Å². The van der Waals surface area contributed by atoms with Crippen LogP contribution in [0.3, 0.4) is 0 Å². The lowest BCUT2D eigenvalue weighted by molar-refractivity contribution is -0.134. The van der Waals surface area contributed by atoms with Gasteiger partial charge in [-0.25, -0.2) is 4.99 Å². The zero-order valence-corrected chi connectivity index (χ0v) is 14.0. The monoisotopic (exact) mass is 318 g/mol. The van der Waals surface area contributed by atoms with Crippen LogP contribution in [-0.4, -0.2) is 35.4 Å². The molecule has 4 nitrogen and oxygen atoms in total. The second kappa shape index (κ2) is 6.73. The number of carbonyl (C=O) groups excluding carboxylic acids is 1. The first-order chi connectivity index (χ1) is 10.7. The molecule has 1 aliphatic heterocycles. The van der Waals surface area contributed by atoms with Crippen LogP contribution in [-0.2, 0) is 4.79 Å². The number of rotatable bonds is 3. The molecule has 5 heteroatoms. The third-order valence-corrected chi connectivity index (χ3v) is 5.32. The van der Waals surface area contributed by atoms with Crippen LogP contribution in [0.15, 0.2) is 23.2 Å². The summed E-state index contributed by atoms with van der Waals surface area (Å²) in [4.78, 5) is 19.2. The van der Waals surface area contributed by atoms with Gasteiger partial charge < -0.3 is 4.74 Å². The van der Waals surface area contributed by atoms with Gasteiger partial charge in [0, 0.05) is 18.2 Å². The Morgan fingerprint density at radius 3 is 2.86 bits per heavy atom. The molecule has 1 heterocycles. The largest absolute Gasteiger partial charge is 0.494 e. The Balaban J connectivity index is 1.89. The second-order valence-corrected chi connectivity index (χ2v) is 6.95. The van der Waals surface area contributed by atoms with Gasteiger partial charge in [0.15, 0.2) is 5.17 Å². The molecule has 1 aliphatic carbocycles. The second-order valence-electron chi connectivity index (χ2n) is 5.89. The highest BCUT2D eigenvalue weighted by Crippen LogP contribution is 2.34. The highest BCUT2D eigenvalue weighted by molar-refractivity contribution is 8.13. The van der Waals surface area contributed by atoms with Gasteiger partial charge in [-0.05, 0) is 43.9 Å². The van der Waals surface area contributed by atoms with E-state index in [9.17, 15) is 4.79 Å². The molecule has 0 aromatic heterocycles. The van der Waals surface area contributed by atoms with Crippen LogP contribution in [0, 0.1) is 12.8 Å². The van der Waals surface area contributed by atoms with Crippen LogP contribution in [0.25, 0.3) is 0 Å². The van der Waals surface area contributed by atoms with Gasteiger partial charge in [-0.1, -0.05) is 24.2 Å². The zero-order valence-electron chi connectivity index (χ0n) is 13.2. The average Bonchev–Trinajstić information content (AvgIpc) is 2.46. The van der Waals surface area contributed by atoms with E-state index >= 15 is 0 Å². The van der Waals surface area contributed by atoms with Crippen molar-refractivity contribution in [3.8, 4) is 5.75 Å². The number of aliphatic imine (C=N–C) groups is 1. The molecule has 3 rings (SSSR count). The summed E-state index contributed by atoms with van der Waals surface area (Å²) in [5, 5.41) is 0.826. The van der Waals surface area contributed by atoms with E-state index in [1.54, 1.807) is 18.9 Å². The molecule has 2 fully saturated rings. The van der Waals surface area contributed by atoms with E-state index in [1.807, 2.05) is 30.0 Å². The van der Waals surface area contributed by atoms with E-state index in [0.717, 1.165) is 53.7 Å². The molecular formula is C17H22N2O2S. The Morgan fingerprint density at radius 1 is 1.36 bits per heavy atom. The number of ether oxygens (including phenoxy) is 1. The van der Waals surface area contributed by atoms with Crippen LogP contribution < -0.4 is 4.74 Å². The molecule has 1 aromatic carbocycles. The minimum absolute atomic E-state index is 0.211. The van der Waals surface area contributed by atoms with E-state index < -0.39 is 0 Å². The van der Waals surface area contributed by atoms with Crippen molar-refractivity contribution in [3.05, 3.63) is 23.8 Å². The summed E-state index contributed by atoms with van der Waals surface area (Å²) in [5.74, 6) is 2.23. The highest BCUT2D eigenvalue weighted by Gasteiger charge is 2.33. The van der Waals surface area contributed by atoms with Crippen molar-refractivity contribution in [3.63, 3.8) is 0 Å². The maximum atomic E-state index is 12.6. The topological polar surface area (TPSA) is 41.9 Å². The molecule has 1 saturated carbocycles. The number of aryl methyl sites for hydroxylation is 1. The predicted octanol–water partition coefficient (Wildman–Crippen LogP) is 3.76. The fourth-order valence-corrected chi connectivity index (χ4v) is 3.68. The van der Waals surface area contributed by atoms with Crippen molar-refractivity contribution in [1.29, 1.82) is 0 Å². The Bertz CT molecular complexity index is 596. The van der Waals surface area contributed by atoms with Gasteiger partial charge in [0.25, 0.3) is 0 Å². The number of nitrogens with zero attached hydrogens (tertiary/aromatic N) is 2. The first-order valence-electron chi connectivity index (χ1n) is 7.86. The molecule has 1 amide bonds. The van der Waals surface area contributed by atoms with E-state index in [2.05, 4.69) is 0 Å². The Morgan fingerprint density at radius 2 is 2.18 bits per heavy atom. The lowest BCUT2D eigenvalue weighted by atomic mass is 9.84. The summed E-state index contributed by atoms with van der Waals surface area (Å²) in [6.45, 7) is 2.82. The summed E-state index contributed by atoms with van der Waals surface area (Å²) in [6.07, 6.45) is 4.27. The van der Waals surface area contributed by atoms with Crippen LogP contribution >= 0.6 is 11.8 Å². The third-order valence-electron chi connectivity index (χ3n) is 4.26. The number of amidine groups is 1. The molecule has 0 bridgehead atoms. The van der Waals surface area contributed by atoms with Crippen molar-refractivity contribution >= 4 is 28.5 Å². The Kier molecular flexibility index (Phi) is 4.71. The minimum Gasteiger partial charge on any atom is -0.494 e. The molecule has 22 heavy (non-hydrogen) atoms. The van der Waals surface area contributed by atoms with Gasteiger partial charge in [-0.15, -0.1) is 0 Å². The van der Waals surface area contributed by atoms with E-state index in [1.165, 1.54) is 6.42 Å². The van der Waals surface area contributed by atoms with E-state index in [0.29, 0.717) is 0 Å². The van der Waals surface area contributed by atoms with Crippen molar-refractivity contribution in [2.75, 3.05) is 19.4 Å². The smallest absolute Gasteiger partial charge is 0.231 e. The SMILES string of the molecule is COc1ccc(C)cc1N=C1SCCCN1C(=O)C1CCC1. The Hall–Kier alpha value is -1.49. The standard InChI is InChI=1S/C17H22N2O2S/c1-12-7-8-15(21-2)14(11-12)18-17-19(9-4-10-22-17)16(20)13-5-3-6-13/h7-8,11,13H,3-6,9-10H2,1-2H3. The van der Waals surface area contributed by atoms with E-state index in [4.69, 9.17) is 9.73 Å². The number of thioether (sulfide) groups is 1. The summed E-state index contributed by atoms with van der Waals surface area (Å²) in [6, 6.07) is 5.95. The van der Waals surface area contributed by atoms with Crippen molar-refractivity contribution < 1.29 is 9.53 Å². The van der Waals surface area contributed by atoms with Crippen LogP contribution in [0.5, 0.6) is 5.75 Å². The molecule has 0 radical (unpaired) electrons. The minimum atomic E-state index is 0.211. The summed E-state index contributed by atoms with van der Waals surface area (Å²) >= 11 is 1.67. The quantitative estimate of drug-likeness (QED) is 0.852. The average molecular weight is 318 g/mol. The Labute approximate surface area is 135 Å². The van der Waals surface area contributed by atoms with Gasteiger partial charge in [0.2, 0.25) is 5.91 Å². The number of hydrogen-bond acceptors (Lipinski definition) is 4. The molecule has 2 aliphatic rings. The van der Waals surface area contributed by atoms with Gasteiger partial charge in [0.1, 0.15) is 11.4 Å². The zero-order chi connectivity index (χ0) is 15.5. The fraction of sp³-hybridized carbons (Fsp3) is 0.529. The lowest BCUT2D eigenvalue weighted by Gasteiger charge is -2.34. The highest BCUT2D eigenvalue weighted by atomic mass is 32.2. The summed E-state index contributed by atoms with van der Waals surface area (Å²) < 4.78 is 5.40. The maximum Gasteiger partial charge on any atom is 0.231 e. The fourth-order valence-electron chi connectivity index (χ4n) is 2.72. The van der Waals surface area contributed by atoms with Gasteiger partial charge >= 0.3 is 0 Å². The van der Waals surface area contributed by atoms with Crippen molar-refractivity contribution in [1.82, 2.24) is 4.90 Å². The molecule has 0 spiro atoms. The first kappa shape index (κ1) is 15.4. The number of carbonyl (C=O) groups is 1. The first-order valence-corrected chi connectivity index (χ1v) is 8.85. The number of amides is 1. The van der Waals surface area contributed by atoms with Crippen molar-refractivity contribution in [2.45, 2.75) is 32.6 Å².